The molecule has 0 aliphatic heterocycles. The third kappa shape index (κ3) is 2.54. The molecule has 15 heavy (non-hydrogen) atoms. The SMILES string of the molecule is CC(=O)C(Cl)c1cccc(F)c1CC#N. The molecule has 0 fully saturated rings. The van der Waals surface area contributed by atoms with Gasteiger partial charge in [-0.25, -0.2) is 4.39 Å². The minimum atomic E-state index is -0.885. The van der Waals surface area contributed by atoms with E-state index < -0.39 is 11.2 Å². The Morgan fingerprint density at radius 2 is 2.33 bits per heavy atom. The van der Waals surface area contributed by atoms with Crippen LogP contribution < -0.4 is 0 Å². The van der Waals surface area contributed by atoms with Crippen LogP contribution in [0.25, 0.3) is 0 Å². The van der Waals surface area contributed by atoms with E-state index in [-0.39, 0.29) is 17.8 Å². The van der Waals surface area contributed by atoms with Crippen LogP contribution in [-0.4, -0.2) is 5.78 Å². The van der Waals surface area contributed by atoms with Crippen LogP contribution in [-0.2, 0) is 11.2 Å². The lowest BCUT2D eigenvalue weighted by molar-refractivity contribution is -0.116. The highest BCUT2D eigenvalue weighted by molar-refractivity contribution is 6.30. The number of halogens is 2. The Kier molecular flexibility index (Phi) is 3.81. The summed E-state index contributed by atoms with van der Waals surface area (Å²) in [5, 5.41) is 7.66. The standard InChI is InChI=1S/C11H9ClFNO/c1-7(15)11(12)9-3-2-4-10(13)8(9)5-6-14/h2-4,11H,5H2,1H3. The van der Waals surface area contributed by atoms with Gasteiger partial charge in [0.25, 0.3) is 0 Å². The van der Waals surface area contributed by atoms with Gasteiger partial charge < -0.3 is 0 Å². The van der Waals surface area contributed by atoms with Gasteiger partial charge in [0.05, 0.1) is 12.5 Å². The zero-order valence-corrected chi connectivity index (χ0v) is 8.88. The number of Topliss-reactive ketones (excluding diaryl/α,β-unsaturated/α-hetero) is 1. The monoisotopic (exact) mass is 225 g/mol. The van der Waals surface area contributed by atoms with Crippen molar-refractivity contribution in [2.45, 2.75) is 18.7 Å². The van der Waals surface area contributed by atoms with Gasteiger partial charge in [-0.1, -0.05) is 12.1 Å². The fourth-order valence-corrected chi connectivity index (χ4v) is 1.50. The Hall–Kier alpha value is -1.40. The predicted molar refractivity (Wildman–Crippen MR) is 55.0 cm³/mol. The smallest absolute Gasteiger partial charge is 0.152 e. The van der Waals surface area contributed by atoms with Crippen LogP contribution in [0.3, 0.4) is 0 Å². The number of benzene rings is 1. The van der Waals surface area contributed by atoms with Crippen molar-refractivity contribution in [3.05, 3.63) is 35.1 Å². The number of alkyl halides is 1. The van der Waals surface area contributed by atoms with Gasteiger partial charge in [-0.2, -0.15) is 5.26 Å². The molecule has 0 heterocycles. The molecule has 1 unspecified atom stereocenters. The number of ketones is 1. The lowest BCUT2D eigenvalue weighted by Crippen LogP contribution is -2.06. The van der Waals surface area contributed by atoms with E-state index in [0.29, 0.717) is 5.56 Å². The second-order valence-electron chi connectivity index (χ2n) is 3.12. The van der Waals surface area contributed by atoms with Gasteiger partial charge in [0, 0.05) is 5.56 Å². The van der Waals surface area contributed by atoms with Crippen molar-refractivity contribution >= 4 is 17.4 Å². The summed E-state index contributed by atoms with van der Waals surface area (Å²) in [4.78, 5) is 11.1. The highest BCUT2D eigenvalue weighted by Gasteiger charge is 2.18. The number of nitrogens with zero attached hydrogens (tertiary/aromatic N) is 1. The Morgan fingerprint density at radius 3 is 2.87 bits per heavy atom. The van der Waals surface area contributed by atoms with Gasteiger partial charge in [0.2, 0.25) is 0 Å². The van der Waals surface area contributed by atoms with E-state index in [1.807, 2.05) is 6.07 Å². The fraction of sp³-hybridized carbons (Fsp3) is 0.273. The lowest BCUT2D eigenvalue weighted by atomic mass is 10.00. The number of hydrogen-bond acceptors (Lipinski definition) is 2. The summed E-state index contributed by atoms with van der Waals surface area (Å²) in [5.74, 6) is -0.762. The molecule has 0 spiro atoms. The third-order valence-corrected chi connectivity index (χ3v) is 2.58. The molecule has 1 rings (SSSR count). The van der Waals surface area contributed by atoms with Crippen molar-refractivity contribution in [1.29, 1.82) is 5.26 Å². The number of hydrogen-bond donors (Lipinski definition) is 0. The first kappa shape index (κ1) is 11.7. The Morgan fingerprint density at radius 1 is 1.67 bits per heavy atom. The minimum Gasteiger partial charge on any atom is -0.298 e. The molecule has 0 radical (unpaired) electrons. The van der Waals surface area contributed by atoms with Crippen LogP contribution in [0.2, 0.25) is 0 Å². The van der Waals surface area contributed by atoms with Crippen molar-refractivity contribution in [1.82, 2.24) is 0 Å². The quantitative estimate of drug-likeness (QED) is 0.743. The van der Waals surface area contributed by atoms with Crippen molar-refractivity contribution in [2.75, 3.05) is 0 Å². The van der Waals surface area contributed by atoms with Gasteiger partial charge in [-0.3, -0.25) is 4.79 Å². The molecule has 0 aliphatic rings. The van der Waals surface area contributed by atoms with Gasteiger partial charge in [0.1, 0.15) is 11.2 Å². The van der Waals surface area contributed by atoms with Crippen molar-refractivity contribution in [3.63, 3.8) is 0 Å². The molecular formula is C11H9ClFNO. The van der Waals surface area contributed by atoms with Crippen molar-refractivity contribution < 1.29 is 9.18 Å². The number of nitriles is 1. The zero-order valence-electron chi connectivity index (χ0n) is 8.13. The van der Waals surface area contributed by atoms with E-state index in [9.17, 15) is 9.18 Å². The molecule has 1 aromatic rings. The molecule has 0 saturated carbocycles. The highest BCUT2D eigenvalue weighted by Crippen LogP contribution is 2.26. The van der Waals surface area contributed by atoms with E-state index in [2.05, 4.69) is 0 Å². The number of rotatable bonds is 3. The van der Waals surface area contributed by atoms with Crippen molar-refractivity contribution in [3.8, 4) is 6.07 Å². The molecule has 0 amide bonds. The van der Waals surface area contributed by atoms with E-state index in [1.165, 1.54) is 19.1 Å². The largest absolute Gasteiger partial charge is 0.298 e. The molecular weight excluding hydrogens is 217 g/mol. The molecule has 0 aliphatic carbocycles. The molecule has 2 nitrogen and oxygen atoms in total. The number of carbonyl (C=O) groups excluding carboxylic acids is 1. The molecule has 0 bridgehead atoms. The summed E-state index contributed by atoms with van der Waals surface area (Å²) < 4.78 is 13.3. The average molecular weight is 226 g/mol. The van der Waals surface area contributed by atoms with E-state index in [4.69, 9.17) is 16.9 Å². The van der Waals surface area contributed by atoms with Crippen LogP contribution in [0.5, 0.6) is 0 Å². The van der Waals surface area contributed by atoms with Crippen LogP contribution >= 0.6 is 11.6 Å². The molecule has 1 aromatic carbocycles. The Balaban J connectivity index is 3.23. The summed E-state index contributed by atoms with van der Waals surface area (Å²) in [6, 6.07) is 6.14. The van der Waals surface area contributed by atoms with Crippen LogP contribution in [0.15, 0.2) is 18.2 Å². The van der Waals surface area contributed by atoms with Crippen molar-refractivity contribution in [2.24, 2.45) is 0 Å². The maximum Gasteiger partial charge on any atom is 0.152 e. The fourth-order valence-electron chi connectivity index (χ4n) is 1.30. The molecule has 0 N–H and O–H groups in total. The number of carbonyl (C=O) groups is 1. The van der Waals surface area contributed by atoms with Gasteiger partial charge in [-0.15, -0.1) is 11.6 Å². The van der Waals surface area contributed by atoms with E-state index in [1.54, 1.807) is 6.07 Å². The molecule has 78 valence electrons. The third-order valence-electron chi connectivity index (χ3n) is 2.04. The topological polar surface area (TPSA) is 40.9 Å². The summed E-state index contributed by atoms with van der Waals surface area (Å²) in [6.07, 6.45) is -0.0848. The molecule has 4 heteroatoms. The normalized spacial score (nSPS) is 11.9. The summed E-state index contributed by atoms with van der Waals surface area (Å²) in [6.45, 7) is 1.33. The van der Waals surface area contributed by atoms with Crippen LogP contribution in [0.4, 0.5) is 4.39 Å². The van der Waals surface area contributed by atoms with Gasteiger partial charge >= 0.3 is 0 Å². The van der Waals surface area contributed by atoms with Gasteiger partial charge in [0.15, 0.2) is 5.78 Å². The molecule has 0 saturated heterocycles. The second kappa shape index (κ2) is 4.90. The Bertz CT molecular complexity index is 425. The minimum absolute atomic E-state index is 0.0848. The Labute approximate surface area is 92.3 Å². The zero-order chi connectivity index (χ0) is 11.4. The first-order valence-corrected chi connectivity index (χ1v) is 4.80. The summed E-state index contributed by atoms with van der Waals surface area (Å²) >= 11 is 5.83. The first-order valence-electron chi connectivity index (χ1n) is 4.36. The predicted octanol–water partition coefficient (Wildman–Crippen LogP) is 2.76. The summed E-state index contributed by atoms with van der Waals surface area (Å²) in [7, 11) is 0. The van der Waals surface area contributed by atoms with Crippen LogP contribution in [0, 0.1) is 17.1 Å². The highest BCUT2D eigenvalue weighted by atomic mass is 35.5. The summed E-state index contributed by atoms with van der Waals surface area (Å²) in [5.41, 5.74) is 0.584. The molecule has 0 aromatic heterocycles. The van der Waals surface area contributed by atoms with Gasteiger partial charge in [-0.05, 0) is 18.6 Å². The van der Waals surface area contributed by atoms with E-state index in [0.717, 1.165) is 0 Å². The second-order valence-corrected chi connectivity index (χ2v) is 3.55. The average Bonchev–Trinajstić information content (AvgIpc) is 2.20. The lowest BCUT2D eigenvalue weighted by Gasteiger charge is -2.10. The first-order chi connectivity index (χ1) is 7.07. The van der Waals surface area contributed by atoms with Crippen LogP contribution in [0.1, 0.15) is 23.4 Å². The molecule has 1 atom stereocenters. The maximum atomic E-state index is 13.3. The maximum absolute atomic E-state index is 13.3. The van der Waals surface area contributed by atoms with E-state index >= 15 is 0 Å².